The molecule has 0 spiro atoms. The van der Waals surface area contributed by atoms with Gasteiger partial charge in [0.05, 0.1) is 0 Å². The van der Waals surface area contributed by atoms with E-state index in [0.29, 0.717) is 0 Å². The molecule has 0 aliphatic carbocycles. The number of rotatable bonds is 3. The Bertz CT molecular complexity index is 248. The number of hydrogen-bond acceptors (Lipinski definition) is 5. The minimum atomic E-state index is -0.333. The average molecular weight is 246 g/mol. The molecule has 0 unspecified atom stereocenters. The molecule has 0 saturated carbocycles. The molecule has 0 aromatic carbocycles. The maximum Gasteiger partial charge on any atom is 0.155 e. The van der Waals surface area contributed by atoms with Crippen LogP contribution >= 0.6 is 0 Å². The van der Waals surface area contributed by atoms with E-state index in [9.17, 15) is 14.4 Å². The van der Waals surface area contributed by atoms with Crippen LogP contribution in [0.2, 0.25) is 0 Å². The number of allylic oxidation sites excluding steroid dienone is 2. The van der Waals surface area contributed by atoms with Crippen molar-refractivity contribution in [3.05, 3.63) is 11.6 Å². The van der Waals surface area contributed by atoms with E-state index in [1.54, 1.807) is 13.0 Å². The highest BCUT2D eigenvalue weighted by Gasteiger charge is 1.80. The summed E-state index contributed by atoms with van der Waals surface area (Å²) in [6, 6.07) is 0. The first kappa shape index (κ1) is 21.0. The number of hydrogen-bond donors (Lipinski definition) is 2. The van der Waals surface area contributed by atoms with Gasteiger partial charge in [0.1, 0.15) is 13.2 Å². The second-order valence-corrected chi connectivity index (χ2v) is 3.55. The van der Waals surface area contributed by atoms with Crippen LogP contribution in [-0.4, -0.2) is 40.8 Å². The first-order valence-electron chi connectivity index (χ1n) is 5.03. The van der Waals surface area contributed by atoms with Gasteiger partial charge >= 0.3 is 0 Å². The minimum absolute atomic E-state index is 0.125. The fourth-order valence-electron chi connectivity index (χ4n) is 0.407. The highest BCUT2D eigenvalue weighted by molar-refractivity contribution is 5.87. The lowest BCUT2D eigenvalue weighted by Gasteiger charge is -1.80. The smallest absolute Gasteiger partial charge is 0.155 e. The van der Waals surface area contributed by atoms with E-state index in [4.69, 9.17) is 10.2 Å². The van der Waals surface area contributed by atoms with Crippen molar-refractivity contribution in [2.75, 3.05) is 13.2 Å². The van der Waals surface area contributed by atoms with E-state index in [-0.39, 0.29) is 30.6 Å². The van der Waals surface area contributed by atoms with Gasteiger partial charge in [0, 0.05) is 0 Å². The van der Waals surface area contributed by atoms with Crippen molar-refractivity contribution in [2.24, 2.45) is 0 Å². The van der Waals surface area contributed by atoms with Crippen LogP contribution in [-0.2, 0) is 14.4 Å². The van der Waals surface area contributed by atoms with Crippen molar-refractivity contribution in [2.45, 2.75) is 34.6 Å². The van der Waals surface area contributed by atoms with Crippen LogP contribution in [0, 0.1) is 0 Å². The summed E-state index contributed by atoms with van der Waals surface area (Å²) in [5.74, 6) is -0.255. The first-order valence-corrected chi connectivity index (χ1v) is 5.03. The third-order valence-electron chi connectivity index (χ3n) is 0.937. The molecule has 0 aliphatic rings. The Morgan fingerprint density at radius 3 is 1.06 bits per heavy atom. The van der Waals surface area contributed by atoms with Gasteiger partial charge in [0.25, 0.3) is 0 Å². The van der Waals surface area contributed by atoms with Gasteiger partial charge in [0.15, 0.2) is 17.3 Å². The summed E-state index contributed by atoms with van der Waals surface area (Å²) < 4.78 is 0. The molecule has 0 heterocycles. The molecule has 2 N–H and O–H groups in total. The molecule has 0 bridgehead atoms. The fraction of sp³-hybridized carbons (Fsp3) is 0.583. The van der Waals surface area contributed by atoms with Crippen molar-refractivity contribution in [3.63, 3.8) is 0 Å². The van der Waals surface area contributed by atoms with E-state index in [1.807, 2.05) is 13.8 Å². The van der Waals surface area contributed by atoms with Gasteiger partial charge in [-0.3, -0.25) is 14.4 Å². The third-order valence-corrected chi connectivity index (χ3v) is 0.937. The lowest BCUT2D eigenvalue weighted by molar-refractivity contribution is -0.120. The highest BCUT2D eigenvalue weighted by atomic mass is 16.3. The number of carbonyl (C=O) groups is 3. The number of carbonyl (C=O) groups excluding carboxylic acids is 3. The number of ketones is 3. The Morgan fingerprint density at radius 1 is 0.824 bits per heavy atom. The molecule has 5 heteroatoms. The molecule has 0 rings (SSSR count). The van der Waals surface area contributed by atoms with Gasteiger partial charge in [0.2, 0.25) is 0 Å². The second kappa shape index (κ2) is 14.7. The predicted octanol–water partition coefficient (Wildman–Crippen LogP) is 0.677. The monoisotopic (exact) mass is 246 g/mol. The Labute approximate surface area is 102 Å². The van der Waals surface area contributed by atoms with E-state index < -0.39 is 0 Å². The van der Waals surface area contributed by atoms with Gasteiger partial charge in [-0.25, -0.2) is 0 Å². The van der Waals surface area contributed by atoms with E-state index in [2.05, 4.69) is 0 Å². The molecule has 0 aromatic heterocycles. The zero-order chi connectivity index (χ0) is 14.4. The standard InChI is InChI=1S/C6H10O.2C3H6O2/c1-5(2)4-6(3)7;2*1-3(5)2-4/h4H,1-3H3;2*4H,2H2,1H3. The van der Waals surface area contributed by atoms with Gasteiger partial charge in [-0.05, 0) is 40.7 Å². The topological polar surface area (TPSA) is 91.7 Å². The molecule has 0 saturated heterocycles. The van der Waals surface area contributed by atoms with Crippen LogP contribution < -0.4 is 0 Å². The maximum atomic E-state index is 10.2. The Kier molecular flexibility index (Phi) is 18.1. The van der Waals surface area contributed by atoms with Gasteiger partial charge < -0.3 is 10.2 Å². The summed E-state index contributed by atoms with van der Waals surface area (Å²) in [5.41, 5.74) is 1.06. The molecule has 100 valence electrons. The molecule has 0 atom stereocenters. The van der Waals surface area contributed by atoms with Crippen LogP contribution in [0.5, 0.6) is 0 Å². The van der Waals surface area contributed by atoms with Crippen LogP contribution in [0.4, 0.5) is 0 Å². The normalized spacial score (nSPS) is 7.71. The lowest BCUT2D eigenvalue weighted by Crippen LogP contribution is -1.93. The third kappa shape index (κ3) is 52.9. The molecule has 0 radical (unpaired) electrons. The van der Waals surface area contributed by atoms with Crippen molar-refractivity contribution in [1.82, 2.24) is 0 Å². The Balaban J connectivity index is -0.000000177. The number of aliphatic hydroxyl groups is 2. The quantitative estimate of drug-likeness (QED) is 0.714. The number of Topliss-reactive ketones (excluding diaryl/α,β-unsaturated/α-hetero) is 2. The Morgan fingerprint density at radius 2 is 1.06 bits per heavy atom. The summed E-state index contributed by atoms with van der Waals surface area (Å²) in [5, 5.41) is 15.6. The van der Waals surface area contributed by atoms with Crippen molar-refractivity contribution < 1.29 is 24.6 Å². The molecule has 0 fully saturated rings. The fourth-order valence-corrected chi connectivity index (χ4v) is 0.407. The van der Waals surface area contributed by atoms with Gasteiger partial charge in [-0.2, -0.15) is 0 Å². The second-order valence-electron chi connectivity index (χ2n) is 3.55. The zero-order valence-corrected chi connectivity index (χ0v) is 11.1. The largest absolute Gasteiger partial charge is 0.389 e. The molecular formula is C12H22O5. The highest BCUT2D eigenvalue weighted by Crippen LogP contribution is 1.86. The van der Waals surface area contributed by atoms with Crippen LogP contribution in [0.1, 0.15) is 34.6 Å². The van der Waals surface area contributed by atoms with Crippen LogP contribution in [0.3, 0.4) is 0 Å². The van der Waals surface area contributed by atoms with Gasteiger partial charge in [-0.15, -0.1) is 0 Å². The molecule has 5 nitrogen and oxygen atoms in total. The lowest BCUT2D eigenvalue weighted by atomic mass is 10.3. The predicted molar refractivity (Wildman–Crippen MR) is 65.6 cm³/mol. The molecule has 0 amide bonds. The van der Waals surface area contributed by atoms with E-state index in [1.165, 1.54) is 13.8 Å². The van der Waals surface area contributed by atoms with Crippen molar-refractivity contribution >= 4 is 17.3 Å². The SMILES string of the molecule is CC(=O)C=C(C)C.CC(=O)CO.CC(=O)CO. The maximum absolute atomic E-state index is 10.2. The van der Waals surface area contributed by atoms with Crippen LogP contribution in [0.25, 0.3) is 0 Å². The molecular weight excluding hydrogens is 224 g/mol. The summed E-state index contributed by atoms with van der Waals surface area (Å²) >= 11 is 0. The number of aliphatic hydroxyl groups excluding tert-OH is 2. The van der Waals surface area contributed by atoms with Crippen molar-refractivity contribution in [3.8, 4) is 0 Å². The Hall–Kier alpha value is -1.33. The van der Waals surface area contributed by atoms with Crippen LogP contribution in [0.15, 0.2) is 11.6 Å². The minimum Gasteiger partial charge on any atom is -0.389 e. The summed E-state index contributed by atoms with van der Waals surface area (Å²) in [4.78, 5) is 29.3. The van der Waals surface area contributed by atoms with E-state index >= 15 is 0 Å². The molecule has 0 aliphatic heterocycles. The van der Waals surface area contributed by atoms with Gasteiger partial charge in [-0.1, -0.05) is 5.57 Å². The zero-order valence-electron chi connectivity index (χ0n) is 11.1. The summed E-state index contributed by atoms with van der Waals surface area (Å²) in [7, 11) is 0. The summed E-state index contributed by atoms with van der Waals surface area (Å²) in [6.07, 6.45) is 1.61. The molecule has 17 heavy (non-hydrogen) atoms. The first-order chi connectivity index (χ1) is 7.67. The summed E-state index contributed by atoms with van der Waals surface area (Å²) in [6.45, 7) is 7.36. The van der Waals surface area contributed by atoms with Crippen molar-refractivity contribution in [1.29, 1.82) is 0 Å². The molecule has 0 aromatic rings. The average Bonchev–Trinajstić information content (AvgIpc) is 2.17. The van der Waals surface area contributed by atoms with E-state index in [0.717, 1.165) is 5.57 Å².